The molecule has 116 valence electrons. The highest BCUT2D eigenvalue weighted by Crippen LogP contribution is 2.27. The molecule has 0 aromatic heterocycles. The van der Waals surface area contributed by atoms with Gasteiger partial charge in [-0.25, -0.2) is 4.79 Å². The summed E-state index contributed by atoms with van der Waals surface area (Å²) < 4.78 is 5.17. The zero-order chi connectivity index (χ0) is 16.0. The lowest BCUT2D eigenvalue weighted by Crippen LogP contribution is -2.52. The van der Waals surface area contributed by atoms with E-state index in [0.29, 0.717) is 18.4 Å². The Morgan fingerprint density at radius 2 is 1.86 bits per heavy atom. The molecular weight excluding hydrogens is 280 g/mol. The summed E-state index contributed by atoms with van der Waals surface area (Å²) in [6.45, 7) is 1.52. The van der Waals surface area contributed by atoms with E-state index >= 15 is 0 Å². The van der Waals surface area contributed by atoms with E-state index in [1.807, 2.05) is 0 Å². The van der Waals surface area contributed by atoms with Crippen LogP contribution in [0.5, 0.6) is 0 Å². The monoisotopic (exact) mass is 300 g/mol. The van der Waals surface area contributed by atoms with E-state index < -0.39 is 23.5 Å². The van der Waals surface area contributed by atoms with E-state index in [2.05, 4.69) is 11.4 Å². The summed E-state index contributed by atoms with van der Waals surface area (Å²) >= 11 is 0. The van der Waals surface area contributed by atoms with Crippen LogP contribution in [0.3, 0.4) is 0 Å². The van der Waals surface area contributed by atoms with Gasteiger partial charge in [0.1, 0.15) is 5.54 Å². The van der Waals surface area contributed by atoms with E-state index in [9.17, 15) is 14.9 Å². The highest BCUT2D eigenvalue weighted by atomic mass is 16.5. The molecule has 2 rings (SSSR count). The van der Waals surface area contributed by atoms with Crippen LogP contribution in [0.15, 0.2) is 30.3 Å². The summed E-state index contributed by atoms with van der Waals surface area (Å²) in [5.74, 6) is -0.967. The van der Waals surface area contributed by atoms with Crippen LogP contribution in [0.4, 0.5) is 0 Å². The molecule has 1 atom stereocenters. The zero-order valence-electron chi connectivity index (χ0n) is 12.7. The second-order valence-corrected chi connectivity index (χ2v) is 5.66. The first kappa shape index (κ1) is 16.0. The normalized spacial score (nSPS) is 17.8. The minimum absolute atomic E-state index is 0.398. The van der Waals surface area contributed by atoms with Crippen molar-refractivity contribution in [2.75, 3.05) is 0 Å². The van der Waals surface area contributed by atoms with Crippen LogP contribution < -0.4 is 5.32 Å². The van der Waals surface area contributed by atoms with Crippen molar-refractivity contribution in [2.24, 2.45) is 0 Å². The average Bonchev–Trinajstić information content (AvgIpc) is 2.56. The fourth-order valence-corrected chi connectivity index (χ4v) is 2.61. The van der Waals surface area contributed by atoms with Crippen molar-refractivity contribution in [3.8, 4) is 6.07 Å². The van der Waals surface area contributed by atoms with Crippen molar-refractivity contribution < 1.29 is 14.3 Å². The number of ether oxygens (including phenoxy) is 1. The van der Waals surface area contributed by atoms with Crippen LogP contribution in [0.1, 0.15) is 49.4 Å². The Balaban J connectivity index is 1.94. The molecule has 0 spiro atoms. The number of carbonyl (C=O) groups excluding carboxylic acids is 2. The molecule has 5 nitrogen and oxygen atoms in total. The summed E-state index contributed by atoms with van der Waals surface area (Å²) in [5, 5.41) is 12.1. The Labute approximate surface area is 130 Å². The van der Waals surface area contributed by atoms with E-state index in [0.717, 1.165) is 19.3 Å². The van der Waals surface area contributed by atoms with Gasteiger partial charge in [0.2, 0.25) is 0 Å². The summed E-state index contributed by atoms with van der Waals surface area (Å²) in [5.41, 5.74) is -0.419. The van der Waals surface area contributed by atoms with Crippen LogP contribution in [-0.2, 0) is 9.53 Å². The summed E-state index contributed by atoms with van der Waals surface area (Å²) in [7, 11) is 0. The lowest BCUT2D eigenvalue weighted by Gasteiger charge is -2.32. The summed E-state index contributed by atoms with van der Waals surface area (Å²) in [6.07, 6.45) is 3.29. The number of amides is 1. The molecule has 1 amide bonds. The van der Waals surface area contributed by atoms with Crippen molar-refractivity contribution in [1.82, 2.24) is 5.32 Å². The predicted molar refractivity (Wildman–Crippen MR) is 80.9 cm³/mol. The number of hydrogen-bond acceptors (Lipinski definition) is 4. The van der Waals surface area contributed by atoms with Crippen molar-refractivity contribution in [3.05, 3.63) is 35.9 Å². The lowest BCUT2D eigenvalue weighted by molar-refractivity contribution is -0.130. The summed E-state index contributed by atoms with van der Waals surface area (Å²) in [4.78, 5) is 24.1. The minimum Gasteiger partial charge on any atom is -0.449 e. The third kappa shape index (κ3) is 3.85. The van der Waals surface area contributed by atoms with Gasteiger partial charge in [-0.2, -0.15) is 5.26 Å². The van der Waals surface area contributed by atoms with Crippen LogP contribution in [0, 0.1) is 11.3 Å². The topological polar surface area (TPSA) is 79.2 Å². The molecule has 0 radical (unpaired) electrons. The second-order valence-electron chi connectivity index (χ2n) is 5.66. The van der Waals surface area contributed by atoms with Gasteiger partial charge in [-0.05, 0) is 31.9 Å². The van der Waals surface area contributed by atoms with Crippen molar-refractivity contribution in [2.45, 2.75) is 50.7 Å². The van der Waals surface area contributed by atoms with Gasteiger partial charge in [0.05, 0.1) is 11.6 Å². The lowest BCUT2D eigenvalue weighted by atomic mass is 9.83. The third-order valence-electron chi connectivity index (χ3n) is 3.95. The molecule has 1 saturated carbocycles. The van der Waals surface area contributed by atoms with Gasteiger partial charge in [-0.1, -0.05) is 37.5 Å². The predicted octanol–water partition coefficient (Wildman–Crippen LogP) is 2.57. The molecule has 0 heterocycles. The number of esters is 1. The number of benzene rings is 1. The smallest absolute Gasteiger partial charge is 0.338 e. The zero-order valence-corrected chi connectivity index (χ0v) is 12.7. The maximum atomic E-state index is 12.2. The van der Waals surface area contributed by atoms with Gasteiger partial charge in [-0.15, -0.1) is 0 Å². The molecule has 1 aromatic carbocycles. The molecule has 0 saturated heterocycles. The molecule has 22 heavy (non-hydrogen) atoms. The van der Waals surface area contributed by atoms with Crippen molar-refractivity contribution >= 4 is 11.9 Å². The first-order chi connectivity index (χ1) is 10.6. The highest BCUT2D eigenvalue weighted by Gasteiger charge is 2.35. The maximum Gasteiger partial charge on any atom is 0.338 e. The van der Waals surface area contributed by atoms with Crippen LogP contribution in [-0.4, -0.2) is 23.5 Å². The Morgan fingerprint density at radius 1 is 1.23 bits per heavy atom. The average molecular weight is 300 g/mol. The highest BCUT2D eigenvalue weighted by molar-refractivity contribution is 5.92. The van der Waals surface area contributed by atoms with Gasteiger partial charge in [-0.3, -0.25) is 4.79 Å². The number of carbonyl (C=O) groups is 2. The summed E-state index contributed by atoms with van der Waals surface area (Å²) in [6, 6.07) is 10.7. The molecule has 1 aromatic rings. The molecule has 0 bridgehead atoms. The fourth-order valence-electron chi connectivity index (χ4n) is 2.61. The van der Waals surface area contributed by atoms with E-state index in [4.69, 9.17) is 4.74 Å². The van der Waals surface area contributed by atoms with Gasteiger partial charge < -0.3 is 10.1 Å². The number of rotatable bonds is 4. The molecule has 1 aliphatic rings. The molecule has 5 heteroatoms. The van der Waals surface area contributed by atoms with Gasteiger partial charge in [0.15, 0.2) is 6.10 Å². The number of nitriles is 1. The Morgan fingerprint density at radius 3 is 2.45 bits per heavy atom. The number of nitrogens with zero attached hydrogens (tertiary/aromatic N) is 1. The van der Waals surface area contributed by atoms with Gasteiger partial charge in [0, 0.05) is 0 Å². The molecule has 0 unspecified atom stereocenters. The third-order valence-corrected chi connectivity index (χ3v) is 3.95. The van der Waals surface area contributed by atoms with Gasteiger partial charge >= 0.3 is 5.97 Å². The van der Waals surface area contributed by atoms with Crippen molar-refractivity contribution in [3.63, 3.8) is 0 Å². The van der Waals surface area contributed by atoms with E-state index in [-0.39, 0.29) is 0 Å². The molecular formula is C17H20N2O3. The van der Waals surface area contributed by atoms with Crippen molar-refractivity contribution in [1.29, 1.82) is 5.26 Å². The molecule has 1 N–H and O–H groups in total. The Kier molecular flexibility index (Phi) is 5.16. The van der Waals surface area contributed by atoms with E-state index in [1.165, 1.54) is 6.92 Å². The van der Waals surface area contributed by atoms with Crippen LogP contribution in [0.2, 0.25) is 0 Å². The Bertz CT molecular complexity index is 571. The minimum atomic E-state index is -0.931. The SMILES string of the molecule is C[C@H](OC(=O)c1ccccc1)C(=O)NC1(C#N)CCCCC1. The Hall–Kier alpha value is -2.35. The first-order valence-corrected chi connectivity index (χ1v) is 7.56. The van der Waals surface area contributed by atoms with Crippen LogP contribution >= 0.6 is 0 Å². The first-order valence-electron chi connectivity index (χ1n) is 7.56. The second kappa shape index (κ2) is 7.08. The molecule has 0 aliphatic heterocycles. The largest absolute Gasteiger partial charge is 0.449 e. The van der Waals surface area contributed by atoms with Gasteiger partial charge in [0.25, 0.3) is 5.91 Å². The molecule has 1 fully saturated rings. The fraction of sp³-hybridized carbons (Fsp3) is 0.471. The molecule has 1 aliphatic carbocycles. The number of nitrogens with one attached hydrogen (secondary N) is 1. The quantitative estimate of drug-likeness (QED) is 0.867. The maximum absolute atomic E-state index is 12.2. The standard InChI is InChI=1S/C17H20N2O3/c1-13(22-16(21)14-8-4-2-5-9-14)15(20)19-17(12-18)10-6-3-7-11-17/h2,4-5,8-9,13H,3,6-7,10-11H2,1H3,(H,19,20)/t13-/m0/s1. The van der Waals surface area contributed by atoms with Crippen LogP contribution in [0.25, 0.3) is 0 Å². The van der Waals surface area contributed by atoms with E-state index in [1.54, 1.807) is 30.3 Å². The number of hydrogen-bond donors (Lipinski definition) is 1.